The lowest BCUT2D eigenvalue weighted by Crippen LogP contribution is -2.44. The Kier molecular flexibility index (Phi) is 13.7. The zero-order valence-electron chi connectivity index (χ0n) is 23.2. The van der Waals surface area contributed by atoms with Crippen molar-refractivity contribution in [2.75, 3.05) is 14.2 Å². The second-order valence-corrected chi connectivity index (χ2v) is 16.2. The van der Waals surface area contributed by atoms with Gasteiger partial charge < -0.3 is 14.6 Å². The summed E-state index contributed by atoms with van der Waals surface area (Å²) in [7, 11) is 2.66. The smallest absolute Gasteiger partial charge is 0.308 e. The normalized spacial score (nSPS) is 23.4. The van der Waals surface area contributed by atoms with Crippen LogP contribution in [0, 0.1) is 11.8 Å². The van der Waals surface area contributed by atoms with Gasteiger partial charge in [0.25, 0.3) is 0 Å². The first-order valence-corrected chi connectivity index (χ1v) is 17.5. The second-order valence-electron chi connectivity index (χ2n) is 10.2. The van der Waals surface area contributed by atoms with Crippen LogP contribution in [0.3, 0.4) is 0 Å². The van der Waals surface area contributed by atoms with Crippen molar-refractivity contribution in [2.24, 2.45) is 11.8 Å². The van der Waals surface area contributed by atoms with Gasteiger partial charge in [0.15, 0.2) is 0 Å². The Labute approximate surface area is 246 Å². The fourth-order valence-corrected chi connectivity index (χ4v) is 7.20. The van der Waals surface area contributed by atoms with E-state index in [0.717, 1.165) is 27.4 Å². The molecule has 4 rings (SSSR count). The van der Waals surface area contributed by atoms with E-state index in [1.165, 1.54) is 37.9 Å². The van der Waals surface area contributed by atoms with E-state index < -0.39 is 5.60 Å². The lowest BCUT2D eigenvalue weighted by atomic mass is 9.67. The molecule has 0 atom stereocenters. The molecule has 210 valence electrons. The predicted octanol–water partition coefficient (Wildman–Crippen LogP) is 7.61. The molecule has 0 spiro atoms. The zero-order chi connectivity index (χ0) is 28.3. The molecular formula is C30H42Br2O5Si. The van der Waals surface area contributed by atoms with E-state index in [1.54, 1.807) is 0 Å². The molecule has 0 aromatic heterocycles. The van der Waals surface area contributed by atoms with Gasteiger partial charge in [-0.15, -0.1) is 0 Å². The molecule has 1 N–H and O–H groups in total. The number of ether oxygens (including phenoxy) is 2. The van der Waals surface area contributed by atoms with Crippen molar-refractivity contribution in [1.29, 1.82) is 0 Å². The molecule has 0 radical (unpaired) electrons. The highest BCUT2D eigenvalue weighted by molar-refractivity contribution is 9.10. The summed E-state index contributed by atoms with van der Waals surface area (Å²) >= 11 is 6.75. The van der Waals surface area contributed by atoms with Crippen LogP contribution in [0.25, 0.3) is 0 Å². The van der Waals surface area contributed by atoms with Crippen LogP contribution < -0.4 is 0 Å². The summed E-state index contributed by atoms with van der Waals surface area (Å²) < 4.78 is 11.4. The highest BCUT2D eigenvalue weighted by Crippen LogP contribution is 2.46. The Hall–Kier alpha value is -1.48. The van der Waals surface area contributed by atoms with E-state index in [4.69, 9.17) is 4.74 Å². The van der Waals surface area contributed by atoms with Gasteiger partial charge in [0.05, 0.1) is 31.7 Å². The Morgan fingerprint density at radius 3 is 1.63 bits per heavy atom. The minimum Gasteiger partial charge on any atom is -0.469 e. The Morgan fingerprint density at radius 1 is 0.816 bits per heavy atom. The van der Waals surface area contributed by atoms with E-state index in [9.17, 15) is 14.7 Å². The number of carbonyl (C=O) groups is 2. The number of methoxy groups -OCH3 is 2. The summed E-state index contributed by atoms with van der Waals surface area (Å²) in [6.45, 7) is 6.97. The summed E-state index contributed by atoms with van der Waals surface area (Å²) in [4.78, 5) is 22.4. The first-order valence-electron chi connectivity index (χ1n) is 13.5. The van der Waals surface area contributed by atoms with Crippen LogP contribution in [0.2, 0.25) is 18.1 Å². The number of benzene rings is 2. The number of carbonyl (C=O) groups excluding carboxylic acids is 2. The van der Waals surface area contributed by atoms with Gasteiger partial charge in [-0.1, -0.05) is 95.0 Å². The molecule has 8 heteroatoms. The average Bonchev–Trinajstić information content (AvgIpc) is 2.88. The van der Waals surface area contributed by atoms with Crippen LogP contribution in [-0.4, -0.2) is 40.1 Å². The van der Waals surface area contributed by atoms with Gasteiger partial charge >= 0.3 is 11.9 Å². The number of hydrogen-bond acceptors (Lipinski definition) is 5. The number of aliphatic hydroxyl groups is 1. The standard InChI is InChI=1S/C12H13BrO3.C12H13BrO2.C6H16Si/c1-16-11(14)8-6-12(15,7-8)9-2-4-10(13)5-3-9;1-15-12(14)10-6-9(7-10)8-2-4-11(13)5-3-8;1-4-7(5-2)6-3/h2-5,8,15H,6-7H2,1H3;2-5,9-10H,6-7H2,1H3;7H,4-6H2,1-3H3. The molecule has 0 aliphatic heterocycles. The van der Waals surface area contributed by atoms with Crippen molar-refractivity contribution >= 4 is 52.6 Å². The van der Waals surface area contributed by atoms with E-state index in [1.807, 2.05) is 36.4 Å². The first-order chi connectivity index (χ1) is 18.1. The summed E-state index contributed by atoms with van der Waals surface area (Å²) in [5, 5.41) is 10.3. The summed E-state index contributed by atoms with van der Waals surface area (Å²) in [6.07, 6.45) is 2.74. The number of hydrogen-bond donors (Lipinski definition) is 1. The maximum absolute atomic E-state index is 11.2. The van der Waals surface area contributed by atoms with E-state index in [2.05, 4.69) is 69.5 Å². The van der Waals surface area contributed by atoms with Crippen LogP contribution in [0.1, 0.15) is 63.5 Å². The Morgan fingerprint density at radius 2 is 1.24 bits per heavy atom. The molecule has 2 aliphatic carbocycles. The quantitative estimate of drug-likeness (QED) is 0.243. The molecule has 2 aromatic carbocycles. The molecule has 0 saturated heterocycles. The molecule has 2 aliphatic rings. The van der Waals surface area contributed by atoms with Crippen molar-refractivity contribution in [3.8, 4) is 0 Å². The predicted molar refractivity (Wildman–Crippen MR) is 163 cm³/mol. The molecule has 0 bridgehead atoms. The topological polar surface area (TPSA) is 72.8 Å². The molecule has 5 nitrogen and oxygen atoms in total. The van der Waals surface area contributed by atoms with Crippen molar-refractivity contribution in [2.45, 2.75) is 76.1 Å². The second kappa shape index (κ2) is 15.9. The van der Waals surface area contributed by atoms with Crippen molar-refractivity contribution in [3.05, 3.63) is 68.6 Å². The van der Waals surface area contributed by atoms with E-state index in [-0.39, 0.29) is 32.6 Å². The lowest BCUT2D eigenvalue weighted by Gasteiger charge is -2.42. The molecule has 38 heavy (non-hydrogen) atoms. The van der Waals surface area contributed by atoms with Gasteiger partial charge in [-0.25, -0.2) is 0 Å². The van der Waals surface area contributed by atoms with Gasteiger partial charge in [-0.05, 0) is 67.0 Å². The SMILES string of the molecule is CC[SiH](CC)CC.COC(=O)C1CC(O)(c2ccc(Br)cc2)C1.COC(=O)C1CC(c2ccc(Br)cc2)C1. The van der Waals surface area contributed by atoms with Crippen molar-refractivity contribution < 1.29 is 24.2 Å². The highest BCUT2D eigenvalue weighted by Gasteiger charge is 2.47. The van der Waals surface area contributed by atoms with E-state index in [0.29, 0.717) is 18.8 Å². The van der Waals surface area contributed by atoms with Crippen LogP contribution >= 0.6 is 31.9 Å². The molecule has 2 fully saturated rings. The monoisotopic (exact) mass is 668 g/mol. The van der Waals surface area contributed by atoms with Gasteiger partial charge in [-0.2, -0.15) is 0 Å². The largest absolute Gasteiger partial charge is 0.469 e. The molecule has 0 heterocycles. The third-order valence-electron chi connectivity index (χ3n) is 7.83. The number of esters is 2. The third kappa shape index (κ3) is 9.32. The third-order valence-corrected chi connectivity index (χ3v) is 12.4. The molecular weight excluding hydrogens is 628 g/mol. The van der Waals surface area contributed by atoms with E-state index >= 15 is 0 Å². The van der Waals surface area contributed by atoms with Gasteiger partial charge in [-0.3, -0.25) is 9.59 Å². The maximum atomic E-state index is 11.2. The van der Waals surface area contributed by atoms with Gasteiger partial charge in [0.2, 0.25) is 0 Å². The fourth-order valence-electron chi connectivity index (χ4n) is 4.93. The Balaban J connectivity index is 0.000000216. The minimum absolute atomic E-state index is 0.0663. The number of halogens is 2. The van der Waals surface area contributed by atoms with Gasteiger partial charge in [0, 0.05) is 17.7 Å². The summed E-state index contributed by atoms with van der Waals surface area (Å²) in [5.74, 6) is 0.176. The summed E-state index contributed by atoms with van der Waals surface area (Å²) in [6, 6.07) is 20.3. The van der Waals surface area contributed by atoms with Crippen LogP contribution in [0.4, 0.5) is 0 Å². The van der Waals surface area contributed by atoms with Crippen molar-refractivity contribution in [3.63, 3.8) is 0 Å². The molecule has 0 unspecified atom stereocenters. The minimum atomic E-state index is -0.862. The zero-order valence-corrected chi connectivity index (χ0v) is 27.5. The summed E-state index contributed by atoms with van der Waals surface area (Å²) in [5.41, 5.74) is 1.31. The molecule has 2 saturated carbocycles. The van der Waals surface area contributed by atoms with Crippen molar-refractivity contribution in [1.82, 2.24) is 0 Å². The van der Waals surface area contributed by atoms with Crippen LogP contribution in [0.5, 0.6) is 0 Å². The van der Waals surface area contributed by atoms with Crippen LogP contribution in [0.15, 0.2) is 57.5 Å². The average molecular weight is 671 g/mol. The molecule has 2 aromatic rings. The van der Waals surface area contributed by atoms with Crippen LogP contribution in [-0.2, 0) is 24.7 Å². The maximum Gasteiger partial charge on any atom is 0.308 e. The fraction of sp³-hybridized carbons (Fsp3) is 0.533. The first kappa shape index (κ1) is 32.7. The number of rotatable bonds is 7. The Bertz CT molecular complexity index is 991. The van der Waals surface area contributed by atoms with Gasteiger partial charge in [0.1, 0.15) is 0 Å². The molecule has 0 amide bonds. The highest BCUT2D eigenvalue weighted by atomic mass is 79.9. The lowest BCUT2D eigenvalue weighted by molar-refractivity contribution is -0.163.